The summed E-state index contributed by atoms with van der Waals surface area (Å²) in [6, 6.07) is 0. The van der Waals surface area contributed by atoms with Crippen LogP contribution in [0.3, 0.4) is 0 Å². The molecular formula is C11H14O7. The highest BCUT2D eigenvalue weighted by atomic mass is 16.7. The molecule has 2 heterocycles. The van der Waals surface area contributed by atoms with E-state index in [0.29, 0.717) is 0 Å². The third-order valence-electron chi connectivity index (χ3n) is 4.17. The van der Waals surface area contributed by atoms with E-state index in [1.54, 1.807) is 6.92 Å². The molecule has 0 aromatic carbocycles. The SMILES string of the molecule is COC(=O)C1=COC(O)[C@@H]2[C@@]3(C)O[C@H]3[C@@H](O)[C@]12O. The summed E-state index contributed by atoms with van der Waals surface area (Å²) in [5.41, 5.74) is -3.02. The third kappa shape index (κ3) is 1.10. The molecule has 0 aromatic rings. The van der Waals surface area contributed by atoms with Crippen molar-refractivity contribution in [1.29, 1.82) is 0 Å². The third-order valence-corrected chi connectivity index (χ3v) is 4.17. The zero-order valence-corrected chi connectivity index (χ0v) is 9.86. The largest absolute Gasteiger partial charge is 0.472 e. The van der Waals surface area contributed by atoms with Crippen LogP contribution in [0.5, 0.6) is 0 Å². The van der Waals surface area contributed by atoms with Crippen LogP contribution in [0.25, 0.3) is 0 Å². The lowest BCUT2D eigenvalue weighted by Crippen LogP contribution is -2.58. The van der Waals surface area contributed by atoms with E-state index in [4.69, 9.17) is 9.47 Å². The van der Waals surface area contributed by atoms with Gasteiger partial charge in [-0.3, -0.25) is 0 Å². The first-order valence-electron chi connectivity index (χ1n) is 5.58. The van der Waals surface area contributed by atoms with Crippen molar-refractivity contribution in [3.63, 3.8) is 0 Å². The Morgan fingerprint density at radius 2 is 2.17 bits per heavy atom. The van der Waals surface area contributed by atoms with E-state index in [1.165, 1.54) is 0 Å². The van der Waals surface area contributed by atoms with E-state index >= 15 is 0 Å². The minimum absolute atomic E-state index is 0.204. The molecule has 1 aliphatic carbocycles. The summed E-state index contributed by atoms with van der Waals surface area (Å²) in [5.74, 6) is -1.75. The zero-order valence-electron chi connectivity index (χ0n) is 9.86. The highest BCUT2D eigenvalue weighted by molar-refractivity contribution is 5.91. The molecule has 0 aromatic heterocycles. The van der Waals surface area contributed by atoms with Gasteiger partial charge in [-0.15, -0.1) is 0 Å². The number of methoxy groups -OCH3 is 1. The van der Waals surface area contributed by atoms with Crippen molar-refractivity contribution < 1.29 is 34.3 Å². The molecule has 2 fully saturated rings. The Morgan fingerprint density at radius 3 is 2.78 bits per heavy atom. The first-order chi connectivity index (χ1) is 8.37. The fourth-order valence-corrected chi connectivity index (χ4v) is 3.18. The fourth-order valence-electron chi connectivity index (χ4n) is 3.18. The minimum atomic E-state index is -1.91. The van der Waals surface area contributed by atoms with Gasteiger partial charge in [0.05, 0.1) is 19.3 Å². The van der Waals surface area contributed by atoms with Crippen LogP contribution in [0.4, 0.5) is 0 Å². The van der Waals surface area contributed by atoms with Crippen molar-refractivity contribution in [3.8, 4) is 0 Å². The first kappa shape index (κ1) is 11.9. The van der Waals surface area contributed by atoms with Crippen LogP contribution in [0, 0.1) is 5.92 Å². The van der Waals surface area contributed by atoms with Gasteiger partial charge in [0.15, 0.2) is 0 Å². The number of epoxide rings is 1. The second-order valence-corrected chi connectivity index (χ2v) is 5.02. The highest BCUT2D eigenvalue weighted by Crippen LogP contribution is 2.62. The number of carbonyl (C=O) groups excluding carboxylic acids is 1. The van der Waals surface area contributed by atoms with E-state index in [-0.39, 0.29) is 5.57 Å². The van der Waals surface area contributed by atoms with Crippen LogP contribution < -0.4 is 0 Å². The predicted molar refractivity (Wildman–Crippen MR) is 54.9 cm³/mol. The second kappa shape index (κ2) is 3.24. The number of aliphatic hydroxyl groups excluding tert-OH is 2. The number of hydrogen-bond acceptors (Lipinski definition) is 7. The Morgan fingerprint density at radius 1 is 1.50 bits per heavy atom. The molecule has 3 aliphatic rings. The molecule has 0 radical (unpaired) electrons. The Hall–Kier alpha value is -1.15. The van der Waals surface area contributed by atoms with Gasteiger partial charge in [0.2, 0.25) is 6.29 Å². The van der Waals surface area contributed by atoms with Crippen LogP contribution in [0.1, 0.15) is 6.92 Å². The van der Waals surface area contributed by atoms with E-state index in [1.807, 2.05) is 0 Å². The molecular weight excluding hydrogens is 244 g/mol. The lowest BCUT2D eigenvalue weighted by Gasteiger charge is -2.41. The van der Waals surface area contributed by atoms with Gasteiger partial charge in [-0.05, 0) is 6.92 Å². The number of fused-ring (bicyclic) bond motifs is 3. The molecule has 18 heavy (non-hydrogen) atoms. The van der Waals surface area contributed by atoms with E-state index in [0.717, 1.165) is 13.4 Å². The maximum Gasteiger partial charge on any atom is 0.339 e. The number of ether oxygens (including phenoxy) is 3. The molecule has 0 amide bonds. The van der Waals surface area contributed by atoms with Crippen molar-refractivity contribution in [2.45, 2.75) is 36.6 Å². The lowest BCUT2D eigenvalue weighted by molar-refractivity contribution is -0.209. The molecule has 1 saturated carbocycles. The molecule has 1 unspecified atom stereocenters. The summed E-state index contributed by atoms with van der Waals surface area (Å²) in [7, 11) is 1.16. The van der Waals surface area contributed by atoms with Crippen molar-refractivity contribution in [2.75, 3.05) is 7.11 Å². The standard InChI is InChI=1S/C11H14O7/c1-10-5-9(14)17-3-4(8(13)16-2)11(5,15)6(12)7(10)18-10/h3,5-7,9,12,14-15H,1-2H3/t5-,6-,7+,9?,10-,11+/m1/s1. The molecule has 3 N–H and O–H groups in total. The van der Waals surface area contributed by atoms with Crippen LogP contribution in [-0.2, 0) is 19.0 Å². The molecule has 0 spiro atoms. The van der Waals surface area contributed by atoms with Crippen molar-refractivity contribution >= 4 is 5.97 Å². The number of rotatable bonds is 1. The minimum Gasteiger partial charge on any atom is -0.472 e. The van der Waals surface area contributed by atoms with Crippen molar-refractivity contribution in [3.05, 3.63) is 11.8 Å². The van der Waals surface area contributed by atoms with Gasteiger partial charge in [0.25, 0.3) is 0 Å². The Labute approximate surface area is 103 Å². The van der Waals surface area contributed by atoms with Gasteiger partial charge in [0.1, 0.15) is 29.0 Å². The van der Waals surface area contributed by atoms with Gasteiger partial charge >= 0.3 is 5.97 Å². The van der Waals surface area contributed by atoms with Crippen molar-refractivity contribution in [1.82, 2.24) is 0 Å². The number of carbonyl (C=O) groups is 1. The second-order valence-electron chi connectivity index (χ2n) is 5.02. The lowest BCUT2D eigenvalue weighted by atomic mass is 9.77. The maximum atomic E-state index is 11.6. The van der Waals surface area contributed by atoms with E-state index < -0.39 is 41.6 Å². The topological polar surface area (TPSA) is 109 Å². The summed E-state index contributed by atoms with van der Waals surface area (Å²) in [5, 5.41) is 30.6. The molecule has 6 atom stereocenters. The summed E-state index contributed by atoms with van der Waals surface area (Å²) in [4.78, 5) is 11.6. The van der Waals surface area contributed by atoms with Crippen LogP contribution in [0.2, 0.25) is 0 Å². The summed E-state index contributed by atoms with van der Waals surface area (Å²) in [6.07, 6.45) is -2.35. The predicted octanol–water partition coefficient (Wildman–Crippen LogP) is -1.73. The molecule has 3 rings (SSSR count). The summed E-state index contributed by atoms with van der Waals surface area (Å²) >= 11 is 0. The van der Waals surface area contributed by atoms with Gasteiger partial charge in [-0.1, -0.05) is 0 Å². The smallest absolute Gasteiger partial charge is 0.339 e. The molecule has 0 bridgehead atoms. The normalized spacial score (nSPS) is 52.8. The highest BCUT2D eigenvalue weighted by Gasteiger charge is 2.81. The molecule has 2 aliphatic heterocycles. The molecule has 100 valence electrons. The van der Waals surface area contributed by atoms with Gasteiger partial charge in [-0.25, -0.2) is 4.79 Å². The molecule has 7 heteroatoms. The van der Waals surface area contributed by atoms with E-state index in [9.17, 15) is 20.1 Å². The molecule has 7 nitrogen and oxygen atoms in total. The number of aliphatic hydroxyl groups is 3. The summed E-state index contributed by atoms with van der Waals surface area (Å²) < 4.78 is 14.8. The average molecular weight is 258 g/mol. The maximum absolute atomic E-state index is 11.6. The van der Waals surface area contributed by atoms with Crippen LogP contribution in [0.15, 0.2) is 11.8 Å². The van der Waals surface area contributed by atoms with E-state index in [2.05, 4.69) is 4.74 Å². The number of hydrogen-bond donors (Lipinski definition) is 3. The zero-order chi connectivity index (χ0) is 13.3. The first-order valence-corrected chi connectivity index (χ1v) is 5.58. The fraction of sp³-hybridized carbons (Fsp3) is 0.727. The number of esters is 1. The van der Waals surface area contributed by atoms with Crippen LogP contribution in [-0.4, -0.2) is 58.1 Å². The van der Waals surface area contributed by atoms with Gasteiger partial charge in [0, 0.05) is 0 Å². The van der Waals surface area contributed by atoms with Gasteiger partial charge in [-0.2, -0.15) is 0 Å². The molecule has 1 saturated heterocycles. The van der Waals surface area contributed by atoms with Crippen LogP contribution >= 0.6 is 0 Å². The average Bonchev–Trinajstić information content (AvgIpc) is 2.95. The Bertz CT molecular complexity index is 447. The Kier molecular flexibility index (Phi) is 2.14. The Balaban J connectivity index is 2.09. The van der Waals surface area contributed by atoms with Crippen molar-refractivity contribution in [2.24, 2.45) is 5.92 Å². The quantitative estimate of drug-likeness (QED) is 0.379. The van der Waals surface area contributed by atoms with Gasteiger partial charge < -0.3 is 29.5 Å². The summed E-state index contributed by atoms with van der Waals surface area (Å²) in [6.45, 7) is 1.65. The monoisotopic (exact) mass is 258 g/mol.